The number of methoxy groups -OCH3 is 1. The first kappa shape index (κ1) is 11.0. The van der Waals surface area contributed by atoms with Crippen LogP contribution in [-0.4, -0.2) is 22.9 Å². The van der Waals surface area contributed by atoms with Crippen LogP contribution in [0.25, 0.3) is 10.9 Å². The predicted molar refractivity (Wildman–Crippen MR) is 64.7 cm³/mol. The van der Waals surface area contributed by atoms with E-state index in [-0.39, 0.29) is 6.04 Å². The third-order valence-corrected chi connectivity index (χ3v) is 2.60. The number of nitrogens with two attached hydrogens (primary N) is 1. The van der Waals surface area contributed by atoms with Crippen molar-refractivity contribution in [3.05, 3.63) is 23.9 Å². The van der Waals surface area contributed by atoms with Gasteiger partial charge in [0.2, 0.25) is 0 Å². The normalized spacial score (nSPS) is 13.0. The van der Waals surface area contributed by atoms with Crippen LogP contribution in [0.5, 0.6) is 5.75 Å². The fourth-order valence-corrected chi connectivity index (χ4v) is 1.86. The summed E-state index contributed by atoms with van der Waals surface area (Å²) in [4.78, 5) is 0. The van der Waals surface area contributed by atoms with Gasteiger partial charge in [0.1, 0.15) is 5.75 Å². The van der Waals surface area contributed by atoms with E-state index >= 15 is 0 Å². The van der Waals surface area contributed by atoms with E-state index in [1.165, 1.54) is 0 Å². The zero-order valence-electron chi connectivity index (χ0n) is 9.90. The number of ether oxygens (including phenoxy) is 1. The van der Waals surface area contributed by atoms with Gasteiger partial charge in [-0.3, -0.25) is 4.68 Å². The van der Waals surface area contributed by atoms with Crippen molar-refractivity contribution in [1.82, 2.24) is 9.78 Å². The molecule has 1 unspecified atom stereocenters. The van der Waals surface area contributed by atoms with Gasteiger partial charge in [-0.25, -0.2) is 0 Å². The maximum absolute atomic E-state index is 5.80. The van der Waals surface area contributed by atoms with Crippen LogP contribution >= 0.6 is 0 Å². The van der Waals surface area contributed by atoms with Crippen LogP contribution in [0.3, 0.4) is 0 Å². The van der Waals surface area contributed by atoms with Crippen molar-refractivity contribution in [1.29, 1.82) is 0 Å². The molecular weight excluding hydrogens is 202 g/mol. The summed E-state index contributed by atoms with van der Waals surface area (Å²) >= 11 is 0. The smallest absolute Gasteiger partial charge is 0.119 e. The van der Waals surface area contributed by atoms with Crippen LogP contribution in [0, 0.1) is 6.92 Å². The van der Waals surface area contributed by atoms with Crippen LogP contribution in [-0.2, 0) is 6.54 Å². The summed E-state index contributed by atoms with van der Waals surface area (Å²) in [6.45, 7) is 4.71. The third-order valence-electron chi connectivity index (χ3n) is 2.60. The average molecular weight is 219 g/mol. The van der Waals surface area contributed by atoms with E-state index in [2.05, 4.69) is 5.10 Å². The Labute approximate surface area is 95.0 Å². The molecule has 0 aliphatic heterocycles. The molecule has 4 heteroatoms. The van der Waals surface area contributed by atoms with Crippen LogP contribution in [0.15, 0.2) is 18.2 Å². The Morgan fingerprint density at radius 3 is 2.88 bits per heavy atom. The molecule has 0 saturated carbocycles. The number of rotatable bonds is 3. The zero-order chi connectivity index (χ0) is 11.7. The standard InChI is InChI=1S/C12H17N3O/c1-8(13)7-15-12-5-4-10(16-3)6-11(12)9(2)14-15/h4-6,8H,7,13H2,1-3H3. The quantitative estimate of drug-likeness (QED) is 0.854. The molecule has 86 valence electrons. The Hall–Kier alpha value is -1.55. The molecule has 0 saturated heterocycles. The van der Waals surface area contributed by atoms with Gasteiger partial charge in [-0.05, 0) is 32.0 Å². The van der Waals surface area contributed by atoms with Crippen LogP contribution < -0.4 is 10.5 Å². The lowest BCUT2D eigenvalue weighted by molar-refractivity contribution is 0.415. The number of fused-ring (bicyclic) bond motifs is 1. The van der Waals surface area contributed by atoms with Crippen molar-refractivity contribution in [3.8, 4) is 5.75 Å². The molecule has 0 fully saturated rings. The molecule has 0 radical (unpaired) electrons. The summed E-state index contributed by atoms with van der Waals surface area (Å²) in [5.41, 5.74) is 7.91. The molecule has 0 spiro atoms. The molecule has 1 atom stereocenters. The van der Waals surface area contributed by atoms with Crippen LogP contribution in [0.4, 0.5) is 0 Å². The highest BCUT2D eigenvalue weighted by molar-refractivity contribution is 5.83. The van der Waals surface area contributed by atoms with E-state index in [4.69, 9.17) is 10.5 Å². The number of hydrogen-bond donors (Lipinski definition) is 1. The number of hydrogen-bond acceptors (Lipinski definition) is 3. The summed E-state index contributed by atoms with van der Waals surface area (Å²) in [5, 5.41) is 5.61. The van der Waals surface area contributed by atoms with Crippen molar-refractivity contribution < 1.29 is 4.74 Å². The van der Waals surface area contributed by atoms with Gasteiger partial charge in [0.25, 0.3) is 0 Å². The fourth-order valence-electron chi connectivity index (χ4n) is 1.86. The number of nitrogens with zero attached hydrogens (tertiary/aromatic N) is 2. The second-order valence-corrected chi connectivity index (χ2v) is 4.13. The molecule has 1 heterocycles. The zero-order valence-corrected chi connectivity index (χ0v) is 9.90. The molecular formula is C12H17N3O. The Morgan fingerprint density at radius 2 is 2.25 bits per heavy atom. The lowest BCUT2D eigenvalue weighted by Crippen LogP contribution is -2.22. The minimum atomic E-state index is 0.101. The highest BCUT2D eigenvalue weighted by Gasteiger charge is 2.09. The highest BCUT2D eigenvalue weighted by atomic mass is 16.5. The third kappa shape index (κ3) is 1.88. The van der Waals surface area contributed by atoms with Crippen molar-refractivity contribution in [2.45, 2.75) is 26.4 Å². The fraction of sp³-hybridized carbons (Fsp3) is 0.417. The molecule has 2 N–H and O–H groups in total. The molecule has 0 aliphatic carbocycles. The summed E-state index contributed by atoms with van der Waals surface area (Å²) in [5.74, 6) is 0.857. The van der Waals surface area contributed by atoms with Crippen molar-refractivity contribution in [3.63, 3.8) is 0 Å². The Kier molecular flexibility index (Phi) is 2.83. The van der Waals surface area contributed by atoms with E-state index in [1.807, 2.05) is 36.7 Å². The lowest BCUT2D eigenvalue weighted by atomic mass is 10.2. The van der Waals surface area contributed by atoms with E-state index < -0.39 is 0 Å². The van der Waals surface area contributed by atoms with E-state index in [1.54, 1.807) is 7.11 Å². The highest BCUT2D eigenvalue weighted by Crippen LogP contribution is 2.23. The maximum Gasteiger partial charge on any atom is 0.119 e. The molecule has 0 amide bonds. The topological polar surface area (TPSA) is 53.1 Å². The Morgan fingerprint density at radius 1 is 1.50 bits per heavy atom. The molecule has 1 aromatic carbocycles. The Balaban J connectivity index is 2.53. The number of aryl methyl sites for hydroxylation is 1. The van der Waals surface area contributed by atoms with Gasteiger partial charge in [0.05, 0.1) is 24.9 Å². The first-order valence-electron chi connectivity index (χ1n) is 5.38. The van der Waals surface area contributed by atoms with Gasteiger partial charge >= 0.3 is 0 Å². The van der Waals surface area contributed by atoms with Gasteiger partial charge in [0.15, 0.2) is 0 Å². The number of benzene rings is 1. The van der Waals surface area contributed by atoms with Gasteiger partial charge in [-0.2, -0.15) is 5.10 Å². The molecule has 2 aromatic rings. The van der Waals surface area contributed by atoms with E-state index in [0.717, 1.165) is 28.9 Å². The predicted octanol–water partition coefficient (Wildman–Crippen LogP) is 1.70. The van der Waals surface area contributed by atoms with Crippen LogP contribution in [0.1, 0.15) is 12.6 Å². The second-order valence-electron chi connectivity index (χ2n) is 4.13. The minimum Gasteiger partial charge on any atom is -0.497 e. The summed E-state index contributed by atoms with van der Waals surface area (Å²) in [6, 6.07) is 6.08. The minimum absolute atomic E-state index is 0.101. The molecule has 0 bridgehead atoms. The van der Waals surface area contributed by atoms with Gasteiger partial charge < -0.3 is 10.5 Å². The summed E-state index contributed by atoms with van der Waals surface area (Å²) in [7, 11) is 1.67. The second kappa shape index (κ2) is 4.14. The molecule has 16 heavy (non-hydrogen) atoms. The van der Waals surface area contributed by atoms with Crippen LogP contribution in [0.2, 0.25) is 0 Å². The molecule has 2 rings (SSSR count). The van der Waals surface area contributed by atoms with E-state index in [0.29, 0.717) is 0 Å². The first-order valence-corrected chi connectivity index (χ1v) is 5.38. The maximum atomic E-state index is 5.80. The lowest BCUT2D eigenvalue weighted by Gasteiger charge is -2.06. The Bertz CT molecular complexity index is 502. The first-order chi connectivity index (χ1) is 7.61. The largest absolute Gasteiger partial charge is 0.497 e. The van der Waals surface area contributed by atoms with Crippen molar-refractivity contribution in [2.75, 3.05) is 7.11 Å². The molecule has 0 aliphatic rings. The summed E-state index contributed by atoms with van der Waals surface area (Å²) in [6.07, 6.45) is 0. The van der Waals surface area contributed by atoms with E-state index in [9.17, 15) is 0 Å². The molecule has 4 nitrogen and oxygen atoms in total. The van der Waals surface area contributed by atoms with Crippen molar-refractivity contribution >= 4 is 10.9 Å². The monoisotopic (exact) mass is 219 g/mol. The van der Waals surface area contributed by atoms with Gasteiger partial charge in [-0.15, -0.1) is 0 Å². The summed E-state index contributed by atoms with van der Waals surface area (Å²) < 4.78 is 7.16. The SMILES string of the molecule is COc1ccc2c(c1)c(C)nn2CC(C)N. The number of aromatic nitrogens is 2. The molecule has 1 aromatic heterocycles. The van der Waals surface area contributed by atoms with Gasteiger partial charge in [0, 0.05) is 11.4 Å². The van der Waals surface area contributed by atoms with Crippen molar-refractivity contribution in [2.24, 2.45) is 5.73 Å². The average Bonchev–Trinajstić information content (AvgIpc) is 2.54. The van der Waals surface area contributed by atoms with Gasteiger partial charge in [-0.1, -0.05) is 0 Å².